The molecule has 12 heteroatoms. The number of amides is 1. The van der Waals surface area contributed by atoms with Gasteiger partial charge < -0.3 is 19.2 Å². The van der Waals surface area contributed by atoms with Gasteiger partial charge >= 0.3 is 0 Å². The largest absolute Gasteiger partial charge is 0.493 e. The van der Waals surface area contributed by atoms with Crippen molar-refractivity contribution in [3.05, 3.63) is 117 Å². The number of furan rings is 1. The molecule has 1 amide bonds. The van der Waals surface area contributed by atoms with E-state index in [-0.39, 0.29) is 35.9 Å². The minimum Gasteiger partial charge on any atom is -0.493 e. The van der Waals surface area contributed by atoms with Gasteiger partial charge in [0, 0.05) is 29.2 Å². The average Bonchev–Trinajstić information content (AvgIpc) is 3.47. The maximum Gasteiger partial charge on any atom is 0.262 e. The smallest absolute Gasteiger partial charge is 0.262 e. The lowest BCUT2D eigenvalue weighted by atomic mass is 10.1. The molecule has 0 saturated carbocycles. The van der Waals surface area contributed by atoms with Gasteiger partial charge in [-0.15, -0.1) is 0 Å². The summed E-state index contributed by atoms with van der Waals surface area (Å²) in [5, 5.41) is 13.1. The van der Waals surface area contributed by atoms with Crippen LogP contribution in [0.1, 0.15) is 28.2 Å². The molecular formula is C33H31Cl2N3O6S. The Morgan fingerprint density at radius 2 is 1.71 bits per heavy atom. The van der Waals surface area contributed by atoms with E-state index in [1.54, 1.807) is 74.9 Å². The summed E-state index contributed by atoms with van der Waals surface area (Å²) >= 11 is 12.4. The Labute approximate surface area is 272 Å². The number of nitriles is 1. The molecule has 0 radical (unpaired) electrons. The quantitative estimate of drug-likeness (QED) is 0.126. The fourth-order valence-electron chi connectivity index (χ4n) is 4.40. The van der Waals surface area contributed by atoms with Crippen LogP contribution in [0.4, 0.5) is 0 Å². The predicted octanol–water partition coefficient (Wildman–Crippen LogP) is 6.57. The summed E-state index contributed by atoms with van der Waals surface area (Å²) in [6, 6.07) is 21.9. The maximum atomic E-state index is 13.7. The summed E-state index contributed by atoms with van der Waals surface area (Å²) in [4.78, 5) is 12.9. The number of nitrogens with one attached hydrogen (secondary N) is 1. The molecule has 234 valence electrons. The Balaban J connectivity index is 1.49. The van der Waals surface area contributed by atoms with Crippen LogP contribution in [0.25, 0.3) is 6.08 Å². The summed E-state index contributed by atoms with van der Waals surface area (Å²) in [7, 11) is -0.883. The van der Waals surface area contributed by atoms with Crippen LogP contribution in [0.3, 0.4) is 0 Å². The number of ether oxygens (including phenoxy) is 2. The molecule has 45 heavy (non-hydrogen) atoms. The molecule has 1 N–H and O–H groups in total. The number of carbonyl (C=O) groups is 1. The first-order valence-corrected chi connectivity index (χ1v) is 15.9. The van der Waals surface area contributed by atoms with Gasteiger partial charge in [0.1, 0.15) is 23.2 Å². The molecule has 4 aromatic rings. The number of nitrogens with zero attached hydrogens (tertiary/aromatic N) is 2. The lowest BCUT2D eigenvalue weighted by molar-refractivity contribution is -0.117. The Hall–Kier alpha value is -4.27. The van der Waals surface area contributed by atoms with Crippen molar-refractivity contribution in [2.75, 3.05) is 20.8 Å². The zero-order chi connectivity index (χ0) is 32.6. The van der Waals surface area contributed by atoms with E-state index in [0.717, 1.165) is 11.1 Å². The normalized spacial score (nSPS) is 11.7. The molecule has 4 rings (SSSR count). The molecule has 0 saturated heterocycles. The molecule has 0 bridgehead atoms. The molecule has 1 heterocycles. The minimum atomic E-state index is -3.98. The van der Waals surface area contributed by atoms with Crippen LogP contribution < -0.4 is 14.8 Å². The summed E-state index contributed by atoms with van der Waals surface area (Å²) < 4.78 is 45.1. The van der Waals surface area contributed by atoms with Gasteiger partial charge in [-0.05, 0) is 73.0 Å². The topological polar surface area (TPSA) is 122 Å². The van der Waals surface area contributed by atoms with E-state index < -0.39 is 15.9 Å². The lowest BCUT2D eigenvalue weighted by Gasteiger charge is -2.22. The van der Waals surface area contributed by atoms with Crippen LogP contribution in [-0.2, 0) is 34.3 Å². The summed E-state index contributed by atoms with van der Waals surface area (Å²) in [5.41, 5.74) is 2.22. The van der Waals surface area contributed by atoms with Crippen LogP contribution in [0.15, 0.2) is 87.7 Å². The van der Waals surface area contributed by atoms with Crippen molar-refractivity contribution < 1.29 is 27.1 Å². The molecule has 1 aromatic heterocycles. The van der Waals surface area contributed by atoms with E-state index >= 15 is 0 Å². The highest BCUT2D eigenvalue weighted by Crippen LogP contribution is 2.29. The Bertz CT molecular complexity index is 1850. The first-order valence-electron chi connectivity index (χ1n) is 13.7. The molecule has 0 aliphatic rings. The lowest BCUT2D eigenvalue weighted by Crippen LogP contribution is -2.30. The number of rotatable bonds is 13. The van der Waals surface area contributed by atoms with Crippen molar-refractivity contribution in [1.82, 2.24) is 9.62 Å². The summed E-state index contributed by atoms with van der Waals surface area (Å²) in [5.74, 6) is 1.12. The number of aryl methyl sites for hydroxylation is 1. The second kappa shape index (κ2) is 15.1. The second-order valence-corrected chi connectivity index (χ2v) is 12.8. The Morgan fingerprint density at radius 3 is 2.38 bits per heavy atom. The Kier molecular flexibility index (Phi) is 11.3. The van der Waals surface area contributed by atoms with Gasteiger partial charge in [-0.25, -0.2) is 8.42 Å². The highest BCUT2D eigenvalue weighted by Gasteiger charge is 2.27. The van der Waals surface area contributed by atoms with Crippen molar-refractivity contribution in [1.29, 1.82) is 5.26 Å². The van der Waals surface area contributed by atoms with E-state index in [4.69, 9.17) is 37.1 Å². The molecule has 0 atom stereocenters. The van der Waals surface area contributed by atoms with E-state index in [1.165, 1.54) is 10.4 Å². The fraction of sp³-hybridized carbons (Fsp3) is 0.212. The van der Waals surface area contributed by atoms with Crippen molar-refractivity contribution in [3.63, 3.8) is 0 Å². The number of sulfonamides is 1. The van der Waals surface area contributed by atoms with E-state index in [2.05, 4.69) is 5.32 Å². The molecular weight excluding hydrogens is 637 g/mol. The second-order valence-electron chi connectivity index (χ2n) is 9.99. The molecule has 0 aliphatic heterocycles. The molecule has 0 aliphatic carbocycles. The number of halogens is 2. The van der Waals surface area contributed by atoms with Crippen molar-refractivity contribution in [3.8, 4) is 17.6 Å². The molecule has 0 fully saturated rings. The highest BCUT2D eigenvalue weighted by atomic mass is 35.5. The first-order chi connectivity index (χ1) is 21.5. The number of benzene rings is 3. The van der Waals surface area contributed by atoms with Gasteiger partial charge in [-0.1, -0.05) is 53.0 Å². The number of hydrogen-bond acceptors (Lipinski definition) is 7. The maximum absolute atomic E-state index is 13.7. The summed E-state index contributed by atoms with van der Waals surface area (Å²) in [6.45, 7) is 1.95. The molecule has 0 unspecified atom stereocenters. The molecule has 3 aromatic carbocycles. The SMILES string of the molecule is COc1ccc(CCNC(=O)/C(C#N)=C\c2ccc(CN(Cc3ccc(Cl)cc3Cl)S(=O)(=O)c3ccc(C)cc3)o2)cc1OC. The number of hydrogen-bond donors (Lipinski definition) is 1. The van der Waals surface area contributed by atoms with Crippen LogP contribution in [0, 0.1) is 18.3 Å². The number of carbonyl (C=O) groups excluding carboxylic acids is 1. The van der Waals surface area contributed by atoms with Gasteiger partial charge in [0.25, 0.3) is 5.91 Å². The zero-order valence-corrected chi connectivity index (χ0v) is 27.2. The van der Waals surface area contributed by atoms with Crippen molar-refractivity contribution >= 4 is 45.2 Å². The third-order valence-corrected chi connectivity index (χ3v) is 9.23. The van der Waals surface area contributed by atoms with E-state index in [0.29, 0.717) is 39.3 Å². The van der Waals surface area contributed by atoms with Gasteiger partial charge in [0.05, 0.1) is 25.7 Å². The first kappa shape index (κ1) is 33.6. The Morgan fingerprint density at radius 1 is 0.978 bits per heavy atom. The minimum absolute atomic E-state index is 0.0516. The van der Waals surface area contributed by atoms with E-state index in [1.807, 2.05) is 25.1 Å². The third-order valence-electron chi connectivity index (χ3n) is 6.83. The van der Waals surface area contributed by atoms with Crippen LogP contribution >= 0.6 is 23.2 Å². The van der Waals surface area contributed by atoms with Crippen molar-refractivity contribution in [2.24, 2.45) is 0 Å². The third kappa shape index (κ3) is 8.68. The van der Waals surface area contributed by atoms with Crippen molar-refractivity contribution in [2.45, 2.75) is 31.3 Å². The van der Waals surface area contributed by atoms with Crippen LogP contribution in [0.5, 0.6) is 11.5 Å². The van der Waals surface area contributed by atoms with Crippen LogP contribution in [0.2, 0.25) is 10.0 Å². The molecule has 9 nitrogen and oxygen atoms in total. The number of methoxy groups -OCH3 is 2. The standard InChI is InChI=1S/C33H31Cl2N3O6S/c1-22-4-11-29(12-5-22)45(40,41)38(20-24-7-8-26(34)18-30(24)35)21-28-10-9-27(44-28)17-25(19-36)33(39)37-15-14-23-6-13-31(42-2)32(16-23)43-3/h4-13,16-18H,14-15,20-21H2,1-3H3,(H,37,39)/b25-17-. The summed E-state index contributed by atoms with van der Waals surface area (Å²) in [6.07, 6.45) is 1.81. The fourth-order valence-corrected chi connectivity index (χ4v) is 6.25. The van der Waals surface area contributed by atoms with Gasteiger partial charge in [0.2, 0.25) is 10.0 Å². The monoisotopic (exact) mass is 667 g/mol. The highest BCUT2D eigenvalue weighted by molar-refractivity contribution is 7.89. The van der Waals surface area contributed by atoms with Gasteiger partial charge in [-0.2, -0.15) is 9.57 Å². The van der Waals surface area contributed by atoms with Gasteiger partial charge in [-0.3, -0.25) is 4.79 Å². The van der Waals surface area contributed by atoms with Gasteiger partial charge in [0.15, 0.2) is 11.5 Å². The zero-order valence-electron chi connectivity index (χ0n) is 24.8. The molecule has 0 spiro atoms. The van der Waals surface area contributed by atoms with Crippen LogP contribution in [-0.4, -0.2) is 39.4 Å². The average molecular weight is 669 g/mol. The van der Waals surface area contributed by atoms with E-state index in [9.17, 15) is 18.5 Å². The predicted molar refractivity (Wildman–Crippen MR) is 173 cm³/mol.